The molecular weight excluding hydrogens is 138 g/mol. The second-order valence-electron chi connectivity index (χ2n) is 2.93. The summed E-state index contributed by atoms with van der Waals surface area (Å²) in [5.74, 6) is 0.243. The van der Waals surface area contributed by atoms with Gasteiger partial charge in [0.25, 0.3) is 0 Å². The minimum atomic E-state index is 0.243. The van der Waals surface area contributed by atoms with E-state index >= 15 is 0 Å². The van der Waals surface area contributed by atoms with Gasteiger partial charge >= 0.3 is 0 Å². The van der Waals surface area contributed by atoms with Crippen LogP contribution >= 0.6 is 0 Å². The molecule has 1 aliphatic rings. The number of amides is 1. The summed E-state index contributed by atoms with van der Waals surface area (Å²) in [6.07, 6.45) is 0.876. The van der Waals surface area contributed by atoms with Gasteiger partial charge in [-0.25, -0.2) is 0 Å². The Balaban J connectivity index is 2.78. The molecule has 1 heterocycles. The first-order valence-corrected chi connectivity index (χ1v) is 4.18. The number of hydrogen-bond acceptors (Lipinski definition) is 1. The molecule has 0 aromatic rings. The SMILES string of the molecule is CCC1=C(C)CN(CC)C1=O. The van der Waals surface area contributed by atoms with Gasteiger partial charge in [-0.2, -0.15) is 0 Å². The van der Waals surface area contributed by atoms with Crippen molar-refractivity contribution in [2.24, 2.45) is 0 Å². The highest BCUT2D eigenvalue weighted by atomic mass is 16.2. The molecule has 0 spiro atoms. The molecule has 0 atom stereocenters. The van der Waals surface area contributed by atoms with E-state index in [1.807, 2.05) is 25.7 Å². The van der Waals surface area contributed by atoms with Crippen LogP contribution in [0, 0.1) is 0 Å². The molecule has 0 radical (unpaired) electrons. The Hall–Kier alpha value is -0.790. The van der Waals surface area contributed by atoms with Crippen molar-refractivity contribution >= 4 is 5.91 Å². The standard InChI is InChI=1S/C9H15NO/c1-4-8-7(3)6-10(5-2)9(8)11/h4-6H2,1-3H3. The Morgan fingerprint density at radius 2 is 2.09 bits per heavy atom. The molecule has 0 unspecified atom stereocenters. The van der Waals surface area contributed by atoms with Crippen molar-refractivity contribution in [1.29, 1.82) is 0 Å². The first-order valence-electron chi connectivity index (χ1n) is 4.18. The lowest BCUT2D eigenvalue weighted by molar-refractivity contribution is -0.125. The van der Waals surface area contributed by atoms with E-state index in [0.29, 0.717) is 0 Å². The van der Waals surface area contributed by atoms with Crippen molar-refractivity contribution in [2.75, 3.05) is 13.1 Å². The molecule has 2 nitrogen and oxygen atoms in total. The monoisotopic (exact) mass is 153 g/mol. The Labute approximate surface area is 67.9 Å². The molecule has 0 bridgehead atoms. The molecule has 0 aromatic heterocycles. The number of likely N-dealkylation sites (N-methyl/N-ethyl adjacent to an activating group) is 1. The van der Waals surface area contributed by atoms with Crippen LogP contribution in [0.5, 0.6) is 0 Å². The van der Waals surface area contributed by atoms with E-state index in [9.17, 15) is 4.79 Å². The fourth-order valence-electron chi connectivity index (χ4n) is 1.54. The van der Waals surface area contributed by atoms with Crippen LogP contribution in [0.4, 0.5) is 0 Å². The first-order chi connectivity index (χ1) is 5.20. The third-order valence-electron chi connectivity index (χ3n) is 2.22. The molecule has 0 saturated carbocycles. The third-order valence-corrected chi connectivity index (χ3v) is 2.22. The van der Waals surface area contributed by atoms with Crippen molar-refractivity contribution in [3.05, 3.63) is 11.1 Å². The minimum Gasteiger partial charge on any atom is -0.335 e. The lowest BCUT2D eigenvalue weighted by atomic mass is 10.1. The van der Waals surface area contributed by atoms with Gasteiger partial charge in [0.1, 0.15) is 0 Å². The highest BCUT2D eigenvalue weighted by Crippen LogP contribution is 2.20. The number of hydrogen-bond donors (Lipinski definition) is 0. The maximum atomic E-state index is 11.4. The lowest BCUT2D eigenvalue weighted by Gasteiger charge is -2.12. The van der Waals surface area contributed by atoms with E-state index in [1.165, 1.54) is 5.57 Å². The van der Waals surface area contributed by atoms with Crippen LogP contribution in [0.25, 0.3) is 0 Å². The zero-order valence-electron chi connectivity index (χ0n) is 7.48. The van der Waals surface area contributed by atoms with Crippen molar-refractivity contribution < 1.29 is 4.79 Å². The van der Waals surface area contributed by atoms with Gasteiger partial charge in [0.15, 0.2) is 0 Å². The van der Waals surface area contributed by atoms with E-state index in [-0.39, 0.29) is 5.91 Å². The van der Waals surface area contributed by atoms with Gasteiger partial charge in [-0.15, -0.1) is 0 Å². The van der Waals surface area contributed by atoms with Crippen molar-refractivity contribution in [2.45, 2.75) is 27.2 Å². The average molecular weight is 153 g/mol. The Kier molecular flexibility index (Phi) is 2.32. The normalized spacial score (nSPS) is 18.5. The third kappa shape index (κ3) is 1.30. The summed E-state index contributed by atoms with van der Waals surface area (Å²) in [5, 5.41) is 0. The van der Waals surface area contributed by atoms with Gasteiger partial charge < -0.3 is 4.90 Å². The number of rotatable bonds is 2. The van der Waals surface area contributed by atoms with E-state index in [2.05, 4.69) is 0 Å². The van der Waals surface area contributed by atoms with E-state index in [1.54, 1.807) is 0 Å². The van der Waals surface area contributed by atoms with Crippen LogP contribution in [0.15, 0.2) is 11.1 Å². The quantitative estimate of drug-likeness (QED) is 0.589. The minimum absolute atomic E-state index is 0.243. The van der Waals surface area contributed by atoms with Crippen molar-refractivity contribution in [1.82, 2.24) is 4.90 Å². The second-order valence-corrected chi connectivity index (χ2v) is 2.93. The number of carbonyl (C=O) groups excluding carboxylic acids is 1. The van der Waals surface area contributed by atoms with Gasteiger partial charge in [-0.1, -0.05) is 6.92 Å². The van der Waals surface area contributed by atoms with E-state index < -0.39 is 0 Å². The highest BCUT2D eigenvalue weighted by Gasteiger charge is 2.24. The van der Waals surface area contributed by atoms with Gasteiger partial charge in [-0.3, -0.25) is 4.79 Å². The summed E-state index contributed by atoms with van der Waals surface area (Å²) in [6, 6.07) is 0. The van der Waals surface area contributed by atoms with Crippen LogP contribution < -0.4 is 0 Å². The Morgan fingerprint density at radius 3 is 2.36 bits per heavy atom. The summed E-state index contributed by atoms with van der Waals surface area (Å²) in [4.78, 5) is 13.3. The molecule has 2 heteroatoms. The molecule has 0 aromatic carbocycles. The van der Waals surface area contributed by atoms with E-state index in [0.717, 1.165) is 25.1 Å². The number of carbonyl (C=O) groups is 1. The molecule has 1 amide bonds. The maximum absolute atomic E-state index is 11.4. The number of nitrogens with zero attached hydrogens (tertiary/aromatic N) is 1. The van der Waals surface area contributed by atoms with Crippen LogP contribution in [0.3, 0.4) is 0 Å². The molecular formula is C9H15NO. The summed E-state index contributed by atoms with van der Waals surface area (Å²) >= 11 is 0. The smallest absolute Gasteiger partial charge is 0.250 e. The Morgan fingerprint density at radius 1 is 1.45 bits per heavy atom. The molecule has 0 saturated heterocycles. The zero-order valence-corrected chi connectivity index (χ0v) is 7.48. The second kappa shape index (κ2) is 3.07. The maximum Gasteiger partial charge on any atom is 0.250 e. The molecule has 0 fully saturated rings. The van der Waals surface area contributed by atoms with Gasteiger partial charge in [0, 0.05) is 18.7 Å². The van der Waals surface area contributed by atoms with Gasteiger partial charge in [0.05, 0.1) is 0 Å². The van der Waals surface area contributed by atoms with Crippen molar-refractivity contribution in [3.63, 3.8) is 0 Å². The average Bonchev–Trinajstić information content (AvgIpc) is 2.26. The fourth-order valence-corrected chi connectivity index (χ4v) is 1.54. The van der Waals surface area contributed by atoms with Crippen LogP contribution in [0.1, 0.15) is 27.2 Å². The predicted octanol–water partition coefficient (Wildman–Crippen LogP) is 1.58. The van der Waals surface area contributed by atoms with Gasteiger partial charge in [0.2, 0.25) is 5.91 Å². The predicted molar refractivity (Wildman–Crippen MR) is 45.2 cm³/mol. The van der Waals surface area contributed by atoms with E-state index in [4.69, 9.17) is 0 Å². The molecule has 62 valence electrons. The molecule has 0 aliphatic carbocycles. The topological polar surface area (TPSA) is 20.3 Å². The summed E-state index contributed by atoms with van der Waals surface area (Å²) in [7, 11) is 0. The summed E-state index contributed by atoms with van der Waals surface area (Å²) in [5.41, 5.74) is 2.27. The fraction of sp³-hybridized carbons (Fsp3) is 0.667. The van der Waals surface area contributed by atoms with Crippen molar-refractivity contribution in [3.8, 4) is 0 Å². The van der Waals surface area contributed by atoms with Crippen LogP contribution in [-0.4, -0.2) is 23.9 Å². The zero-order chi connectivity index (χ0) is 8.43. The summed E-state index contributed by atoms with van der Waals surface area (Å²) < 4.78 is 0. The highest BCUT2D eigenvalue weighted by molar-refractivity contribution is 5.96. The Bertz CT molecular complexity index is 206. The molecule has 11 heavy (non-hydrogen) atoms. The molecule has 1 rings (SSSR count). The van der Waals surface area contributed by atoms with Crippen LogP contribution in [0.2, 0.25) is 0 Å². The summed E-state index contributed by atoms with van der Waals surface area (Å²) in [6.45, 7) is 7.78. The lowest BCUT2D eigenvalue weighted by Crippen LogP contribution is -2.26. The van der Waals surface area contributed by atoms with Gasteiger partial charge in [-0.05, 0) is 25.8 Å². The first kappa shape index (κ1) is 8.31. The molecule has 1 aliphatic heterocycles. The largest absolute Gasteiger partial charge is 0.335 e. The molecule has 0 N–H and O–H groups in total. The van der Waals surface area contributed by atoms with Crippen LogP contribution in [-0.2, 0) is 4.79 Å².